The molecule has 1 atom stereocenters. The van der Waals surface area contributed by atoms with Crippen LogP contribution in [0.1, 0.15) is 18.3 Å². The number of benzene rings is 1. The maximum Gasteiger partial charge on any atom is 0.234 e. The largest absolute Gasteiger partial charge is 0.325 e. The van der Waals surface area contributed by atoms with Crippen molar-refractivity contribution in [1.29, 1.82) is 0 Å². The maximum atomic E-state index is 11.9. The first kappa shape index (κ1) is 18.2. The van der Waals surface area contributed by atoms with Gasteiger partial charge in [0.25, 0.3) is 0 Å². The van der Waals surface area contributed by atoms with Crippen molar-refractivity contribution in [1.82, 2.24) is 4.98 Å². The van der Waals surface area contributed by atoms with E-state index in [1.165, 1.54) is 11.8 Å². The van der Waals surface area contributed by atoms with Crippen LogP contribution in [0.15, 0.2) is 41.4 Å². The highest BCUT2D eigenvalue weighted by Gasteiger charge is 2.04. The molecule has 6 heteroatoms. The van der Waals surface area contributed by atoms with Crippen molar-refractivity contribution in [3.63, 3.8) is 0 Å². The fourth-order valence-electron chi connectivity index (χ4n) is 2.20. The molecule has 1 heterocycles. The molecular weight excluding hydrogens is 320 g/mol. The minimum atomic E-state index is -0.242. The number of rotatable bonds is 6. The predicted octanol–water partition coefficient (Wildman–Crippen LogP) is 3.37. The number of nitrogens with zero attached hydrogens (tertiary/aromatic N) is 2. The number of nitrogens with two attached hydrogens (primary N) is 1. The number of carbonyl (C=O) groups excluding carboxylic acids is 1. The number of aryl methyl sites for hydroxylation is 2. The molecule has 0 radical (unpaired) electrons. The molecule has 126 valence electrons. The number of pyridine rings is 1. The number of nitrogens with one attached hydrogen (secondary N) is 1. The fraction of sp³-hybridized carbons (Fsp3) is 0.278. The average molecular weight is 342 g/mol. The first-order valence-electron chi connectivity index (χ1n) is 7.68. The van der Waals surface area contributed by atoms with Crippen LogP contribution in [0, 0.1) is 13.8 Å². The second-order valence-electron chi connectivity index (χ2n) is 5.57. The summed E-state index contributed by atoms with van der Waals surface area (Å²) in [5.41, 5.74) is 12.1. The lowest BCUT2D eigenvalue weighted by atomic mass is 10.0. The first-order valence-corrected chi connectivity index (χ1v) is 8.73. The van der Waals surface area contributed by atoms with E-state index in [9.17, 15) is 4.79 Å². The zero-order valence-corrected chi connectivity index (χ0v) is 14.9. The van der Waals surface area contributed by atoms with Crippen LogP contribution in [0.25, 0.3) is 11.1 Å². The van der Waals surface area contributed by atoms with Crippen LogP contribution in [-0.4, -0.2) is 28.4 Å². The van der Waals surface area contributed by atoms with Crippen molar-refractivity contribution in [3.05, 3.63) is 47.8 Å². The minimum Gasteiger partial charge on any atom is -0.325 e. The Morgan fingerprint density at radius 3 is 2.46 bits per heavy atom. The molecule has 1 aromatic heterocycles. The summed E-state index contributed by atoms with van der Waals surface area (Å²) in [6.07, 6.45) is -0.242. The summed E-state index contributed by atoms with van der Waals surface area (Å²) in [5.74, 6) is 0.236. The Hall–Kier alpha value is -2.18. The van der Waals surface area contributed by atoms with Gasteiger partial charge in [-0.3, -0.25) is 14.8 Å². The van der Waals surface area contributed by atoms with Gasteiger partial charge in [0, 0.05) is 17.1 Å². The van der Waals surface area contributed by atoms with Gasteiger partial charge in [0.05, 0.1) is 17.5 Å². The van der Waals surface area contributed by atoms with Gasteiger partial charge in [0.15, 0.2) is 0 Å². The second-order valence-corrected chi connectivity index (χ2v) is 6.40. The Bertz CT molecular complexity index is 706. The summed E-state index contributed by atoms with van der Waals surface area (Å²) < 4.78 is 0. The van der Waals surface area contributed by atoms with E-state index < -0.39 is 0 Å². The van der Waals surface area contributed by atoms with E-state index in [-0.39, 0.29) is 12.1 Å². The normalized spacial score (nSPS) is 12.3. The predicted molar refractivity (Wildman–Crippen MR) is 102 cm³/mol. The van der Waals surface area contributed by atoms with Crippen LogP contribution < -0.4 is 11.1 Å². The molecule has 2 rings (SSSR count). The van der Waals surface area contributed by atoms with Gasteiger partial charge in [0.2, 0.25) is 5.91 Å². The lowest BCUT2D eigenvalue weighted by molar-refractivity contribution is -0.113. The molecule has 1 amide bonds. The molecule has 2 aromatic rings. The Balaban J connectivity index is 1.95. The summed E-state index contributed by atoms with van der Waals surface area (Å²) in [7, 11) is 0. The van der Waals surface area contributed by atoms with Crippen LogP contribution >= 0.6 is 11.8 Å². The van der Waals surface area contributed by atoms with Gasteiger partial charge in [-0.05, 0) is 56.2 Å². The quantitative estimate of drug-likeness (QED) is 0.623. The molecule has 3 N–H and O–H groups in total. The third-order valence-electron chi connectivity index (χ3n) is 3.17. The molecule has 0 bridgehead atoms. The number of aliphatic imine (C=N–C) groups is 1. The Morgan fingerprint density at radius 1 is 1.25 bits per heavy atom. The lowest BCUT2D eigenvalue weighted by Crippen LogP contribution is -2.14. The summed E-state index contributed by atoms with van der Waals surface area (Å²) in [6, 6.07) is 11.9. The van der Waals surface area contributed by atoms with Crippen LogP contribution in [0.4, 0.5) is 5.69 Å². The topological polar surface area (TPSA) is 80.4 Å². The number of carbonyl (C=O) groups is 1. The Labute approximate surface area is 146 Å². The molecule has 1 unspecified atom stereocenters. The Kier molecular flexibility index (Phi) is 6.52. The van der Waals surface area contributed by atoms with Crippen LogP contribution in [0.2, 0.25) is 0 Å². The van der Waals surface area contributed by atoms with E-state index in [4.69, 9.17) is 5.73 Å². The second kappa shape index (κ2) is 8.61. The monoisotopic (exact) mass is 342 g/mol. The van der Waals surface area contributed by atoms with Gasteiger partial charge in [-0.2, -0.15) is 0 Å². The highest BCUT2D eigenvalue weighted by atomic mass is 32.2. The molecule has 0 fully saturated rings. The van der Waals surface area contributed by atoms with E-state index in [2.05, 4.69) is 27.4 Å². The number of amides is 1. The van der Waals surface area contributed by atoms with Gasteiger partial charge in [-0.25, -0.2) is 0 Å². The van der Waals surface area contributed by atoms with Crippen molar-refractivity contribution >= 4 is 28.9 Å². The smallest absolute Gasteiger partial charge is 0.234 e. The van der Waals surface area contributed by atoms with Crippen molar-refractivity contribution < 1.29 is 4.79 Å². The van der Waals surface area contributed by atoms with Crippen LogP contribution in [0.3, 0.4) is 0 Å². The third kappa shape index (κ3) is 5.79. The van der Waals surface area contributed by atoms with Crippen molar-refractivity contribution in [3.8, 4) is 11.1 Å². The van der Waals surface area contributed by atoms with E-state index in [0.717, 1.165) is 28.2 Å². The molecule has 0 spiro atoms. The van der Waals surface area contributed by atoms with Crippen LogP contribution in [0.5, 0.6) is 0 Å². The highest BCUT2D eigenvalue weighted by Crippen LogP contribution is 2.22. The molecule has 0 saturated carbocycles. The molecule has 0 saturated heterocycles. The lowest BCUT2D eigenvalue weighted by Gasteiger charge is -2.07. The van der Waals surface area contributed by atoms with E-state index in [1.54, 1.807) is 12.5 Å². The van der Waals surface area contributed by atoms with Gasteiger partial charge >= 0.3 is 0 Å². The molecule has 0 aliphatic carbocycles. The molecule has 1 aromatic carbocycles. The van der Waals surface area contributed by atoms with Gasteiger partial charge < -0.3 is 11.1 Å². The SMILES string of the molecule is Cc1cc(-c2ccc(NC(=O)CS/C=N/C(C)N)cc2)cc(C)n1. The molecule has 24 heavy (non-hydrogen) atoms. The molecular formula is C18H22N4OS. The minimum absolute atomic E-state index is 0.0699. The molecule has 0 aliphatic rings. The van der Waals surface area contributed by atoms with Crippen molar-refractivity contribution in [2.24, 2.45) is 10.7 Å². The Morgan fingerprint density at radius 2 is 1.88 bits per heavy atom. The molecule has 5 nitrogen and oxygen atoms in total. The summed E-state index contributed by atoms with van der Waals surface area (Å²) in [4.78, 5) is 20.2. The van der Waals surface area contributed by atoms with Crippen molar-refractivity contribution in [2.75, 3.05) is 11.1 Å². The van der Waals surface area contributed by atoms with Gasteiger partial charge in [-0.15, -0.1) is 11.8 Å². The third-order valence-corrected chi connectivity index (χ3v) is 3.87. The maximum absolute atomic E-state index is 11.9. The van der Waals surface area contributed by atoms with Gasteiger partial charge in [0.1, 0.15) is 0 Å². The van der Waals surface area contributed by atoms with Crippen molar-refractivity contribution in [2.45, 2.75) is 26.9 Å². The van der Waals surface area contributed by atoms with E-state index >= 15 is 0 Å². The summed E-state index contributed by atoms with van der Waals surface area (Å²) in [6.45, 7) is 5.75. The fourth-order valence-corrected chi connectivity index (χ4v) is 2.77. The van der Waals surface area contributed by atoms with Gasteiger partial charge in [-0.1, -0.05) is 12.1 Å². The standard InChI is InChI=1S/C18H22N4OS/c1-12-8-16(9-13(2)21-12)15-4-6-17(7-5-15)22-18(23)10-24-11-20-14(3)19/h4-9,11,14H,10,19H2,1-3H3,(H,22,23)/b20-11+. The highest BCUT2D eigenvalue weighted by molar-refractivity contribution is 8.12. The van der Waals surface area contributed by atoms with E-state index in [1.807, 2.05) is 38.1 Å². The van der Waals surface area contributed by atoms with E-state index in [0.29, 0.717) is 5.75 Å². The zero-order chi connectivity index (χ0) is 17.5. The summed E-state index contributed by atoms with van der Waals surface area (Å²) in [5, 5.41) is 2.87. The number of hydrogen-bond donors (Lipinski definition) is 2. The number of hydrogen-bond acceptors (Lipinski definition) is 5. The molecule has 0 aliphatic heterocycles. The number of thioether (sulfide) groups is 1. The number of anilines is 1. The average Bonchev–Trinajstić information content (AvgIpc) is 2.51. The first-order chi connectivity index (χ1) is 11.4. The van der Waals surface area contributed by atoms with Crippen LogP contribution in [-0.2, 0) is 4.79 Å². The number of aromatic nitrogens is 1. The summed E-state index contributed by atoms with van der Waals surface area (Å²) >= 11 is 1.32. The zero-order valence-electron chi connectivity index (χ0n) is 14.1.